The average molecular weight is 361 g/mol. The molecule has 0 aliphatic heterocycles. The Morgan fingerprint density at radius 3 is 2.37 bits per heavy atom. The van der Waals surface area contributed by atoms with Crippen LogP contribution in [0.1, 0.15) is 50.0 Å². The minimum Gasteiger partial charge on any atom is -0.459 e. The summed E-state index contributed by atoms with van der Waals surface area (Å²) in [5.41, 5.74) is 3.03. The molecule has 0 fully saturated rings. The van der Waals surface area contributed by atoms with Crippen LogP contribution in [0.25, 0.3) is 0 Å². The van der Waals surface area contributed by atoms with E-state index in [0.29, 0.717) is 34.5 Å². The number of fused-ring (bicyclic) bond motifs is 2. The summed E-state index contributed by atoms with van der Waals surface area (Å²) in [5, 5.41) is 7.94. The van der Waals surface area contributed by atoms with Crippen molar-refractivity contribution < 1.29 is 19.1 Å². The van der Waals surface area contributed by atoms with E-state index < -0.39 is 0 Å². The third-order valence-electron chi connectivity index (χ3n) is 4.34. The Kier molecular flexibility index (Phi) is 4.12. The summed E-state index contributed by atoms with van der Waals surface area (Å²) < 4.78 is 6.48. The van der Waals surface area contributed by atoms with E-state index in [4.69, 9.17) is 4.74 Å². The highest BCUT2D eigenvalue weighted by Crippen LogP contribution is 2.28. The van der Waals surface area contributed by atoms with Gasteiger partial charge >= 0.3 is 5.97 Å². The Balaban J connectivity index is 1.59. The molecule has 1 aliphatic carbocycles. The monoisotopic (exact) mass is 361 g/mol. The molecule has 0 spiro atoms. The van der Waals surface area contributed by atoms with Crippen LogP contribution in [-0.4, -0.2) is 32.5 Å². The maximum Gasteiger partial charge on any atom is 0.303 e. The average Bonchev–Trinajstić information content (AvgIpc) is 3.12. The third kappa shape index (κ3) is 3.15. The van der Waals surface area contributed by atoms with Gasteiger partial charge in [-0.3, -0.25) is 14.4 Å². The summed E-state index contributed by atoms with van der Waals surface area (Å²) in [6.07, 6.45) is 1.67. The number of carbonyl (C=O) groups is 3. The van der Waals surface area contributed by atoms with Crippen LogP contribution < -0.4 is 0 Å². The second kappa shape index (κ2) is 6.60. The number of benzene rings is 2. The highest BCUT2D eigenvalue weighted by Gasteiger charge is 2.29. The molecule has 1 aliphatic rings. The molecule has 0 saturated carbocycles. The summed E-state index contributed by atoms with van der Waals surface area (Å²) in [6.45, 7) is 1.76. The van der Waals surface area contributed by atoms with Crippen molar-refractivity contribution in [3.05, 3.63) is 82.2 Å². The van der Waals surface area contributed by atoms with Crippen LogP contribution in [0.2, 0.25) is 0 Å². The van der Waals surface area contributed by atoms with Crippen LogP contribution in [0.5, 0.6) is 0 Å². The van der Waals surface area contributed by atoms with Crippen LogP contribution in [0.4, 0.5) is 0 Å². The Bertz CT molecular complexity index is 1080. The largest absolute Gasteiger partial charge is 0.459 e. The second-order valence-corrected chi connectivity index (χ2v) is 6.27. The van der Waals surface area contributed by atoms with Crippen molar-refractivity contribution in [2.45, 2.75) is 20.1 Å². The molecule has 27 heavy (non-hydrogen) atoms. The minimum atomic E-state index is -0.386. The molecule has 4 rings (SSSR count). The lowest BCUT2D eigenvalue weighted by molar-refractivity contribution is -0.142. The summed E-state index contributed by atoms with van der Waals surface area (Å²) in [7, 11) is 0. The van der Waals surface area contributed by atoms with E-state index in [1.807, 2.05) is 0 Å². The van der Waals surface area contributed by atoms with Crippen LogP contribution in [0.3, 0.4) is 0 Å². The molecule has 0 radical (unpaired) electrons. The van der Waals surface area contributed by atoms with Crippen LogP contribution >= 0.6 is 0 Å². The van der Waals surface area contributed by atoms with Gasteiger partial charge in [-0.15, -0.1) is 5.10 Å². The lowest BCUT2D eigenvalue weighted by Gasteiger charge is -2.18. The lowest BCUT2D eigenvalue weighted by Crippen LogP contribution is -2.21. The Morgan fingerprint density at radius 2 is 1.67 bits per heavy atom. The first-order valence-corrected chi connectivity index (χ1v) is 8.36. The Hall–Kier alpha value is -3.61. The van der Waals surface area contributed by atoms with Crippen LogP contribution in [0.15, 0.2) is 48.7 Å². The van der Waals surface area contributed by atoms with Crippen molar-refractivity contribution in [3.63, 3.8) is 0 Å². The molecular weight excluding hydrogens is 346 g/mol. The van der Waals surface area contributed by atoms with E-state index >= 15 is 0 Å². The van der Waals surface area contributed by atoms with Crippen molar-refractivity contribution in [2.24, 2.45) is 0 Å². The van der Waals surface area contributed by atoms with Crippen LogP contribution in [0, 0.1) is 0 Å². The van der Waals surface area contributed by atoms with Gasteiger partial charge in [0.25, 0.3) is 0 Å². The minimum absolute atomic E-state index is 0.0588. The number of hydrogen-bond acceptors (Lipinski definition) is 6. The van der Waals surface area contributed by atoms with Gasteiger partial charge in [0, 0.05) is 29.2 Å². The van der Waals surface area contributed by atoms with E-state index in [-0.39, 0.29) is 24.1 Å². The zero-order valence-electron chi connectivity index (χ0n) is 14.5. The molecule has 134 valence electrons. The van der Waals surface area contributed by atoms with Gasteiger partial charge in [0.15, 0.2) is 11.6 Å². The third-order valence-corrected chi connectivity index (χ3v) is 4.34. The van der Waals surface area contributed by atoms with E-state index in [9.17, 15) is 14.4 Å². The van der Waals surface area contributed by atoms with Crippen molar-refractivity contribution in [1.29, 1.82) is 0 Å². The fourth-order valence-electron chi connectivity index (χ4n) is 3.09. The molecule has 0 saturated heterocycles. The van der Waals surface area contributed by atoms with Crippen molar-refractivity contribution >= 4 is 17.5 Å². The first kappa shape index (κ1) is 16.8. The molecule has 0 unspecified atom stereocenters. The zero-order chi connectivity index (χ0) is 19.0. The van der Waals surface area contributed by atoms with Gasteiger partial charge in [-0.2, -0.15) is 0 Å². The quantitative estimate of drug-likeness (QED) is 0.517. The first-order valence-electron chi connectivity index (χ1n) is 8.36. The molecule has 7 heteroatoms. The van der Waals surface area contributed by atoms with E-state index in [0.717, 1.165) is 5.56 Å². The van der Waals surface area contributed by atoms with Crippen molar-refractivity contribution in [2.75, 3.05) is 0 Å². The SMILES string of the molecule is CC(=O)OCc1cn(Cc2ccc3c(c2)C(=O)c2ccccc2C3=O)nn1. The number of aromatic nitrogens is 3. The van der Waals surface area contributed by atoms with E-state index in [1.165, 1.54) is 6.92 Å². The van der Waals surface area contributed by atoms with Crippen molar-refractivity contribution in [3.8, 4) is 0 Å². The highest BCUT2D eigenvalue weighted by atomic mass is 16.5. The summed E-state index contributed by atoms with van der Waals surface area (Å²) in [4.78, 5) is 36.3. The maximum absolute atomic E-state index is 12.8. The predicted molar refractivity (Wildman–Crippen MR) is 94.3 cm³/mol. The van der Waals surface area contributed by atoms with Gasteiger partial charge < -0.3 is 4.74 Å². The van der Waals surface area contributed by atoms with Gasteiger partial charge in [-0.05, 0) is 17.7 Å². The summed E-state index contributed by atoms with van der Waals surface area (Å²) in [5.74, 6) is -0.685. The zero-order valence-corrected chi connectivity index (χ0v) is 14.5. The fraction of sp³-hybridized carbons (Fsp3) is 0.150. The number of rotatable bonds is 4. The van der Waals surface area contributed by atoms with Crippen molar-refractivity contribution in [1.82, 2.24) is 15.0 Å². The van der Waals surface area contributed by atoms with Crippen LogP contribution in [-0.2, 0) is 22.7 Å². The first-order chi connectivity index (χ1) is 13.0. The highest BCUT2D eigenvalue weighted by molar-refractivity contribution is 6.28. The van der Waals surface area contributed by atoms with Gasteiger partial charge in [-0.1, -0.05) is 35.5 Å². The molecular formula is C20H15N3O4. The summed E-state index contributed by atoms with van der Waals surface area (Å²) in [6, 6.07) is 12.0. The number of ketones is 2. The number of hydrogen-bond donors (Lipinski definition) is 0. The number of ether oxygens (including phenoxy) is 1. The van der Waals surface area contributed by atoms with E-state index in [2.05, 4.69) is 10.3 Å². The Morgan fingerprint density at radius 1 is 1.00 bits per heavy atom. The molecule has 0 amide bonds. The molecule has 7 nitrogen and oxygen atoms in total. The molecule has 0 atom stereocenters. The fourth-order valence-corrected chi connectivity index (χ4v) is 3.09. The number of carbonyl (C=O) groups excluding carboxylic acids is 3. The van der Waals surface area contributed by atoms with Gasteiger partial charge in [0.1, 0.15) is 12.3 Å². The standard InChI is InChI=1S/C20H15N3O4/c1-12(24)27-11-14-10-23(22-21-14)9-13-6-7-17-18(8-13)20(26)16-5-3-2-4-15(16)19(17)25/h2-8,10H,9,11H2,1H3. The molecule has 1 heterocycles. The molecule has 3 aromatic rings. The van der Waals surface area contributed by atoms with Gasteiger partial charge in [-0.25, -0.2) is 4.68 Å². The number of nitrogens with zero attached hydrogens (tertiary/aromatic N) is 3. The Labute approximate surface area is 154 Å². The molecule has 0 bridgehead atoms. The predicted octanol–water partition coefficient (Wildman–Crippen LogP) is 2.16. The lowest BCUT2D eigenvalue weighted by atomic mass is 9.83. The molecule has 0 N–H and O–H groups in total. The normalized spacial score (nSPS) is 12.5. The maximum atomic E-state index is 12.8. The number of esters is 1. The molecule has 2 aromatic carbocycles. The van der Waals surface area contributed by atoms with Gasteiger partial charge in [0.2, 0.25) is 0 Å². The topological polar surface area (TPSA) is 91.2 Å². The smallest absolute Gasteiger partial charge is 0.303 e. The molecule has 1 aromatic heterocycles. The second-order valence-electron chi connectivity index (χ2n) is 6.27. The summed E-state index contributed by atoms with van der Waals surface area (Å²) >= 11 is 0. The van der Waals surface area contributed by atoms with E-state index in [1.54, 1.807) is 53.3 Å². The van der Waals surface area contributed by atoms with Gasteiger partial charge in [0.05, 0.1) is 12.7 Å².